The summed E-state index contributed by atoms with van der Waals surface area (Å²) in [5, 5.41) is 18.2. The number of benzene rings is 1. The van der Waals surface area contributed by atoms with E-state index in [1.165, 1.54) is 10.5 Å². The number of aliphatic hydroxyl groups is 1. The molecule has 1 aromatic carbocycles. The Kier molecular flexibility index (Phi) is 9.28. The second kappa shape index (κ2) is 11.5. The molecule has 1 heterocycles. The van der Waals surface area contributed by atoms with Gasteiger partial charge in [0, 0.05) is 6.54 Å². The number of carbonyl (C=O) groups is 3. The topological polar surface area (TPSA) is 111 Å². The number of nitrogens with zero attached hydrogens (tertiary/aromatic N) is 1. The Morgan fingerprint density at radius 3 is 2.65 bits per heavy atom. The first-order valence-corrected chi connectivity index (χ1v) is 10.7. The highest BCUT2D eigenvalue weighted by Gasteiger charge is 2.38. The van der Waals surface area contributed by atoms with E-state index in [0.717, 1.165) is 24.8 Å². The van der Waals surface area contributed by atoms with Gasteiger partial charge in [-0.15, -0.1) is 12.4 Å². The largest absolute Gasteiger partial charge is 0.394 e. The molecular formula is C22H33ClN4O4. The second-order valence-electron chi connectivity index (χ2n) is 8.10. The van der Waals surface area contributed by atoms with Crippen molar-refractivity contribution in [2.24, 2.45) is 0 Å². The third-order valence-electron chi connectivity index (χ3n) is 6.15. The monoisotopic (exact) mass is 452 g/mol. The van der Waals surface area contributed by atoms with Crippen LogP contribution >= 0.6 is 12.4 Å². The van der Waals surface area contributed by atoms with Crippen LogP contribution in [0.15, 0.2) is 24.3 Å². The Labute approximate surface area is 189 Å². The van der Waals surface area contributed by atoms with Gasteiger partial charge in [-0.1, -0.05) is 24.3 Å². The summed E-state index contributed by atoms with van der Waals surface area (Å²) in [6.45, 7) is 1.59. The maximum absolute atomic E-state index is 13.1. The number of hydrogen-bond acceptors (Lipinski definition) is 5. The van der Waals surface area contributed by atoms with Crippen molar-refractivity contribution in [3.63, 3.8) is 0 Å². The van der Waals surface area contributed by atoms with E-state index in [1.807, 2.05) is 12.1 Å². The smallest absolute Gasteiger partial charge is 0.248 e. The van der Waals surface area contributed by atoms with Gasteiger partial charge in [-0.2, -0.15) is 0 Å². The molecule has 2 aliphatic rings. The molecule has 0 saturated carbocycles. The van der Waals surface area contributed by atoms with Crippen LogP contribution in [0, 0.1) is 0 Å². The lowest BCUT2D eigenvalue weighted by atomic mass is 9.87. The zero-order valence-electron chi connectivity index (χ0n) is 18.1. The van der Waals surface area contributed by atoms with Crippen LogP contribution in [0.25, 0.3) is 0 Å². The van der Waals surface area contributed by atoms with Crippen LogP contribution in [0.5, 0.6) is 0 Å². The molecule has 0 aromatic heterocycles. The van der Waals surface area contributed by atoms with Gasteiger partial charge in [0.2, 0.25) is 17.7 Å². The summed E-state index contributed by atoms with van der Waals surface area (Å²) in [5.41, 5.74) is 2.41. The number of carbonyl (C=O) groups excluding carboxylic acids is 3. The number of hydrogen-bond donors (Lipinski definition) is 4. The van der Waals surface area contributed by atoms with Gasteiger partial charge >= 0.3 is 0 Å². The van der Waals surface area contributed by atoms with Gasteiger partial charge in [-0.25, -0.2) is 0 Å². The molecule has 3 rings (SSSR count). The molecule has 1 aliphatic heterocycles. The summed E-state index contributed by atoms with van der Waals surface area (Å²) in [6, 6.07) is 5.96. The van der Waals surface area contributed by atoms with E-state index < -0.39 is 30.6 Å². The fraction of sp³-hybridized carbons (Fsp3) is 0.591. The minimum atomic E-state index is -1.06. The average molecular weight is 453 g/mol. The van der Waals surface area contributed by atoms with Crippen LogP contribution in [0.2, 0.25) is 0 Å². The first kappa shape index (κ1) is 25.1. The van der Waals surface area contributed by atoms with Gasteiger partial charge in [-0.05, 0) is 57.2 Å². The molecular weight excluding hydrogens is 420 g/mol. The number of halogens is 1. The number of aryl methyl sites for hydroxylation is 1. The zero-order chi connectivity index (χ0) is 21.7. The molecule has 172 valence electrons. The molecule has 4 N–H and O–H groups in total. The minimum Gasteiger partial charge on any atom is -0.394 e. The number of rotatable bonds is 7. The number of aliphatic hydroxyl groups excluding tert-OH is 1. The van der Waals surface area contributed by atoms with Crippen molar-refractivity contribution >= 4 is 30.1 Å². The first-order chi connectivity index (χ1) is 14.5. The molecule has 0 bridgehead atoms. The Morgan fingerprint density at radius 1 is 1.19 bits per heavy atom. The van der Waals surface area contributed by atoms with Gasteiger partial charge in [0.1, 0.15) is 12.1 Å². The van der Waals surface area contributed by atoms with Crippen molar-refractivity contribution in [2.75, 3.05) is 20.2 Å². The summed E-state index contributed by atoms with van der Waals surface area (Å²) in [7, 11) is 1.64. The number of amides is 3. The summed E-state index contributed by atoms with van der Waals surface area (Å²) in [4.78, 5) is 39.7. The third kappa shape index (κ3) is 5.75. The molecule has 0 unspecified atom stereocenters. The van der Waals surface area contributed by atoms with Crippen LogP contribution in [-0.2, 0) is 20.8 Å². The highest BCUT2D eigenvalue weighted by molar-refractivity contribution is 5.93. The van der Waals surface area contributed by atoms with Crippen molar-refractivity contribution in [3.8, 4) is 0 Å². The van der Waals surface area contributed by atoms with Crippen LogP contribution in [0.3, 0.4) is 0 Å². The standard InChI is InChI=1S/C22H32N4O4.ClH/c1-14(23-2)20(28)25-18(13-27)22(30)26-12-6-11-19(26)21(29)24-17-10-5-8-15-7-3-4-9-16(15)17;/h3-4,7,9,14,17-19,23,27H,5-6,8,10-13H2,1-2H3,(H,24,29)(H,25,28);1H/t14-,17+,18-,19-;/m0./s1. The Hall–Kier alpha value is -2.16. The minimum absolute atomic E-state index is 0. The number of fused-ring (bicyclic) bond motifs is 1. The highest BCUT2D eigenvalue weighted by Crippen LogP contribution is 2.30. The van der Waals surface area contributed by atoms with Crippen LogP contribution < -0.4 is 16.0 Å². The molecule has 1 aliphatic carbocycles. The molecule has 0 spiro atoms. The fourth-order valence-electron chi connectivity index (χ4n) is 4.29. The quantitative estimate of drug-likeness (QED) is 0.486. The van der Waals surface area contributed by atoms with E-state index in [0.29, 0.717) is 19.4 Å². The number of likely N-dealkylation sites (N-methyl/N-ethyl adjacent to an activating group) is 1. The van der Waals surface area contributed by atoms with Crippen LogP contribution in [0.1, 0.15) is 49.8 Å². The van der Waals surface area contributed by atoms with Gasteiger partial charge in [-0.3, -0.25) is 14.4 Å². The van der Waals surface area contributed by atoms with E-state index in [1.54, 1.807) is 14.0 Å². The SMILES string of the molecule is CN[C@@H](C)C(=O)N[C@@H](CO)C(=O)N1CCC[C@H]1C(=O)N[C@@H]1CCCc2ccccc21.Cl. The molecule has 1 saturated heterocycles. The Morgan fingerprint density at radius 2 is 1.94 bits per heavy atom. The summed E-state index contributed by atoms with van der Waals surface area (Å²) in [6.07, 6.45) is 4.19. The average Bonchev–Trinajstić information content (AvgIpc) is 3.26. The van der Waals surface area contributed by atoms with Crippen molar-refractivity contribution in [2.45, 2.75) is 63.2 Å². The van der Waals surface area contributed by atoms with Crippen LogP contribution in [-0.4, -0.2) is 66.1 Å². The zero-order valence-corrected chi connectivity index (χ0v) is 18.9. The van der Waals surface area contributed by atoms with Crippen LogP contribution in [0.4, 0.5) is 0 Å². The summed E-state index contributed by atoms with van der Waals surface area (Å²) >= 11 is 0. The van der Waals surface area contributed by atoms with Crippen molar-refractivity contribution in [1.82, 2.24) is 20.9 Å². The van der Waals surface area contributed by atoms with E-state index in [2.05, 4.69) is 28.1 Å². The van der Waals surface area contributed by atoms with Gasteiger partial charge in [0.15, 0.2) is 0 Å². The molecule has 9 heteroatoms. The predicted molar refractivity (Wildman–Crippen MR) is 120 cm³/mol. The Bertz CT molecular complexity index is 791. The van der Waals surface area contributed by atoms with Crippen molar-refractivity contribution in [1.29, 1.82) is 0 Å². The maximum atomic E-state index is 13.1. The summed E-state index contributed by atoms with van der Waals surface area (Å²) in [5.74, 6) is -0.964. The maximum Gasteiger partial charge on any atom is 0.248 e. The van der Waals surface area contributed by atoms with E-state index in [4.69, 9.17) is 0 Å². The molecule has 0 radical (unpaired) electrons. The molecule has 3 amide bonds. The van der Waals surface area contributed by atoms with Gasteiger partial charge in [0.25, 0.3) is 0 Å². The fourth-order valence-corrected chi connectivity index (χ4v) is 4.29. The number of likely N-dealkylation sites (tertiary alicyclic amines) is 1. The normalized spacial score (nSPS) is 22.0. The molecule has 31 heavy (non-hydrogen) atoms. The lowest BCUT2D eigenvalue weighted by Crippen LogP contribution is -2.57. The molecule has 1 aromatic rings. The molecule has 8 nitrogen and oxygen atoms in total. The van der Waals surface area contributed by atoms with Gasteiger partial charge in [0.05, 0.1) is 18.7 Å². The lowest BCUT2D eigenvalue weighted by molar-refractivity contribution is -0.142. The van der Waals surface area contributed by atoms with E-state index >= 15 is 0 Å². The highest BCUT2D eigenvalue weighted by atomic mass is 35.5. The number of nitrogens with one attached hydrogen (secondary N) is 3. The van der Waals surface area contributed by atoms with Crippen molar-refractivity contribution < 1.29 is 19.5 Å². The second-order valence-corrected chi connectivity index (χ2v) is 8.10. The van der Waals surface area contributed by atoms with Gasteiger partial charge < -0.3 is 26.0 Å². The van der Waals surface area contributed by atoms with E-state index in [-0.39, 0.29) is 30.3 Å². The first-order valence-electron chi connectivity index (χ1n) is 10.7. The van der Waals surface area contributed by atoms with E-state index in [9.17, 15) is 19.5 Å². The predicted octanol–water partition coefficient (Wildman–Crippen LogP) is 0.678. The Balaban J connectivity index is 0.00000341. The van der Waals surface area contributed by atoms with Crippen molar-refractivity contribution in [3.05, 3.63) is 35.4 Å². The summed E-state index contributed by atoms with van der Waals surface area (Å²) < 4.78 is 0. The lowest BCUT2D eigenvalue weighted by Gasteiger charge is -2.31. The molecule has 4 atom stereocenters. The molecule has 1 fully saturated rings. The third-order valence-corrected chi connectivity index (χ3v) is 6.15.